The monoisotopic (exact) mass is 353 g/mol. The van der Waals surface area contributed by atoms with Gasteiger partial charge in [0.1, 0.15) is 0 Å². The molecule has 0 saturated heterocycles. The molecule has 0 amide bonds. The van der Waals surface area contributed by atoms with Gasteiger partial charge in [-0.3, -0.25) is 0 Å². The van der Waals surface area contributed by atoms with Gasteiger partial charge in [-0.1, -0.05) is 25.1 Å². The number of hydrogen-bond acceptors (Lipinski definition) is 3. The molecular weight excluding hydrogens is 337 g/mol. The van der Waals surface area contributed by atoms with Crippen molar-refractivity contribution in [3.63, 3.8) is 0 Å². The Morgan fingerprint density at radius 2 is 1.81 bits per heavy atom. The van der Waals surface area contributed by atoms with Gasteiger partial charge < -0.3 is 15.2 Å². The number of nitrogens with two attached hydrogens (primary N) is 1. The molecule has 112 valence electrons. The lowest BCUT2D eigenvalue weighted by molar-refractivity contribution is 0.300. The number of hydrogen-bond donors (Lipinski definition) is 1. The van der Waals surface area contributed by atoms with Crippen molar-refractivity contribution in [1.82, 2.24) is 0 Å². The molecule has 0 aromatic heterocycles. The van der Waals surface area contributed by atoms with Crippen molar-refractivity contribution in [3.8, 4) is 17.2 Å². The fraction of sp³-hybridized carbons (Fsp3) is 0.250. The van der Waals surface area contributed by atoms with Gasteiger partial charge in [0.2, 0.25) is 0 Å². The Hall–Kier alpha value is -1.59. The molecule has 21 heavy (non-hydrogen) atoms. The van der Waals surface area contributed by atoms with Crippen molar-refractivity contribution >= 4 is 15.9 Å². The Kier molecular flexibility index (Phi) is 5.59. The van der Waals surface area contributed by atoms with Gasteiger partial charge in [-0.25, -0.2) is 4.39 Å². The van der Waals surface area contributed by atoms with Crippen LogP contribution in [-0.4, -0.2) is 6.61 Å². The Labute approximate surface area is 132 Å². The molecule has 3 nitrogen and oxygen atoms in total. The van der Waals surface area contributed by atoms with Gasteiger partial charge in [0.05, 0.1) is 11.1 Å². The van der Waals surface area contributed by atoms with Crippen LogP contribution in [0.15, 0.2) is 40.9 Å². The predicted octanol–water partition coefficient (Wildman–Crippen LogP) is 4.63. The lowest BCUT2D eigenvalue weighted by atomic mass is 10.2. The van der Waals surface area contributed by atoms with Crippen LogP contribution >= 0.6 is 15.9 Å². The van der Waals surface area contributed by atoms with E-state index in [9.17, 15) is 4.39 Å². The zero-order valence-corrected chi connectivity index (χ0v) is 13.3. The zero-order valence-electron chi connectivity index (χ0n) is 11.7. The van der Waals surface area contributed by atoms with E-state index in [1.54, 1.807) is 24.3 Å². The standard InChI is InChI=1S/C16H17BrFNO2/c1-2-9-20-12-5-3-4-6-13(12)21-14-8-7-11(10-19)15(17)16(14)18/h3-8H,2,9-10,19H2,1H3. The van der Waals surface area contributed by atoms with E-state index < -0.39 is 5.82 Å². The smallest absolute Gasteiger partial charge is 0.180 e. The number of halogens is 2. The van der Waals surface area contributed by atoms with E-state index in [4.69, 9.17) is 15.2 Å². The molecule has 0 unspecified atom stereocenters. The molecule has 0 saturated carbocycles. The highest BCUT2D eigenvalue weighted by molar-refractivity contribution is 9.10. The van der Waals surface area contributed by atoms with Crippen LogP contribution in [0.2, 0.25) is 0 Å². The SMILES string of the molecule is CCCOc1ccccc1Oc1ccc(CN)c(Br)c1F. The van der Waals surface area contributed by atoms with E-state index in [1.807, 2.05) is 19.1 Å². The highest BCUT2D eigenvalue weighted by Crippen LogP contribution is 2.35. The van der Waals surface area contributed by atoms with Crippen LogP contribution in [0.3, 0.4) is 0 Å². The summed E-state index contributed by atoms with van der Waals surface area (Å²) in [6.45, 7) is 2.86. The van der Waals surface area contributed by atoms with Crippen molar-refractivity contribution in [2.75, 3.05) is 6.61 Å². The fourth-order valence-corrected chi connectivity index (χ4v) is 2.28. The minimum absolute atomic E-state index is 0.131. The van der Waals surface area contributed by atoms with Crippen molar-refractivity contribution in [3.05, 3.63) is 52.3 Å². The Morgan fingerprint density at radius 1 is 1.10 bits per heavy atom. The molecule has 2 rings (SSSR count). The maximum Gasteiger partial charge on any atom is 0.180 e. The predicted molar refractivity (Wildman–Crippen MR) is 84.3 cm³/mol. The molecule has 0 spiro atoms. The van der Waals surface area contributed by atoms with Gasteiger partial charge in [-0.15, -0.1) is 0 Å². The summed E-state index contributed by atoms with van der Waals surface area (Å²) in [6.07, 6.45) is 0.888. The number of benzene rings is 2. The molecule has 0 atom stereocenters. The fourth-order valence-electron chi connectivity index (χ4n) is 1.79. The van der Waals surface area contributed by atoms with Gasteiger partial charge in [0.25, 0.3) is 0 Å². The van der Waals surface area contributed by atoms with Crippen LogP contribution in [0.5, 0.6) is 17.2 Å². The van der Waals surface area contributed by atoms with E-state index >= 15 is 0 Å². The second-order valence-corrected chi connectivity index (χ2v) is 5.25. The van der Waals surface area contributed by atoms with Crippen LogP contribution < -0.4 is 15.2 Å². The molecular formula is C16H17BrFNO2. The number of para-hydroxylation sites is 2. The van der Waals surface area contributed by atoms with Crippen LogP contribution in [0.25, 0.3) is 0 Å². The van der Waals surface area contributed by atoms with E-state index in [0.717, 1.165) is 6.42 Å². The molecule has 0 aliphatic rings. The van der Waals surface area contributed by atoms with Gasteiger partial charge in [-0.05, 0) is 46.1 Å². The first-order chi connectivity index (χ1) is 10.2. The maximum absolute atomic E-state index is 14.3. The third-order valence-corrected chi connectivity index (χ3v) is 3.73. The van der Waals surface area contributed by atoms with E-state index in [-0.39, 0.29) is 12.3 Å². The normalized spacial score (nSPS) is 10.5. The van der Waals surface area contributed by atoms with Gasteiger partial charge >= 0.3 is 0 Å². The van der Waals surface area contributed by atoms with Gasteiger partial charge in [0, 0.05) is 6.54 Å². The molecule has 0 aliphatic heterocycles. The Bertz CT molecular complexity index is 619. The number of ether oxygens (including phenoxy) is 2. The first kappa shape index (κ1) is 15.8. The second kappa shape index (κ2) is 7.43. The van der Waals surface area contributed by atoms with E-state index in [1.165, 1.54) is 0 Å². The summed E-state index contributed by atoms with van der Waals surface area (Å²) >= 11 is 3.20. The molecule has 2 aromatic rings. The van der Waals surface area contributed by atoms with Crippen molar-refractivity contribution in [1.29, 1.82) is 0 Å². The van der Waals surface area contributed by atoms with Crippen molar-refractivity contribution in [2.45, 2.75) is 19.9 Å². The summed E-state index contributed by atoms with van der Waals surface area (Å²) in [5, 5.41) is 0. The van der Waals surface area contributed by atoms with E-state index in [2.05, 4.69) is 15.9 Å². The first-order valence-electron chi connectivity index (χ1n) is 6.74. The molecule has 0 radical (unpaired) electrons. The third-order valence-electron chi connectivity index (χ3n) is 2.88. The minimum Gasteiger partial charge on any atom is -0.490 e. The van der Waals surface area contributed by atoms with Crippen molar-refractivity contribution < 1.29 is 13.9 Å². The molecule has 0 heterocycles. The average molecular weight is 354 g/mol. The summed E-state index contributed by atoms with van der Waals surface area (Å²) < 4.78 is 25.8. The second-order valence-electron chi connectivity index (χ2n) is 4.45. The molecule has 0 bridgehead atoms. The summed E-state index contributed by atoms with van der Waals surface area (Å²) in [7, 11) is 0. The summed E-state index contributed by atoms with van der Waals surface area (Å²) in [5.41, 5.74) is 6.23. The number of rotatable bonds is 6. The quantitative estimate of drug-likeness (QED) is 0.823. The van der Waals surface area contributed by atoms with Crippen LogP contribution in [0, 0.1) is 5.82 Å². The average Bonchev–Trinajstić information content (AvgIpc) is 2.51. The minimum atomic E-state index is -0.469. The Balaban J connectivity index is 2.28. The molecule has 2 aromatic carbocycles. The highest BCUT2D eigenvalue weighted by atomic mass is 79.9. The zero-order chi connectivity index (χ0) is 15.2. The van der Waals surface area contributed by atoms with Crippen LogP contribution in [0.1, 0.15) is 18.9 Å². The molecule has 2 N–H and O–H groups in total. The molecule has 0 fully saturated rings. The summed E-state index contributed by atoms with van der Waals surface area (Å²) in [5.74, 6) is 0.741. The van der Waals surface area contributed by atoms with Crippen LogP contribution in [0.4, 0.5) is 4.39 Å². The summed E-state index contributed by atoms with van der Waals surface area (Å²) in [6, 6.07) is 10.5. The van der Waals surface area contributed by atoms with Crippen molar-refractivity contribution in [2.24, 2.45) is 5.73 Å². The van der Waals surface area contributed by atoms with Crippen LogP contribution in [-0.2, 0) is 6.54 Å². The largest absolute Gasteiger partial charge is 0.490 e. The highest BCUT2D eigenvalue weighted by Gasteiger charge is 2.14. The van der Waals surface area contributed by atoms with Gasteiger partial charge in [-0.2, -0.15) is 0 Å². The lowest BCUT2D eigenvalue weighted by Gasteiger charge is -2.13. The lowest BCUT2D eigenvalue weighted by Crippen LogP contribution is -2.01. The third kappa shape index (κ3) is 3.74. The molecule has 5 heteroatoms. The maximum atomic E-state index is 14.3. The van der Waals surface area contributed by atoms with E-state index in [0.29, 0.717) is 28.1 Å². The molecule has 0 aliphatic carbocycles. The Morgan fingerprint density at radius 3 is 2.48 bits per heavy atom. The topological polar surface area (TPSA) is 44.5 Å². The first-order valence-corrected chi connectivity index (χ1v) is 7.53. The summed E-state index contributed by atoms with van der Waals surface area (Å²) in [4.78, 5) is 0. The van der Waals surface area contributed by atoms with Gasteiger partial charge in [0.15, 0.2) is 23.1 Å².